The van der Waals surface area contributed by atoms with Gasteiger partial charge >= 0.3 is 6.03 Å². The molecule has 0 saturated heterocycles. The van der Waals surface area contributed by atoms with Gasteiger partial charge in [0.25, 0.3) is 0 Å². The number of hydrogen-bond acceptors (Lipinski definition) is 3. The van der Waals surface area contributed by atoms with Gasteiger partial charge in [-0.05, 0) is 24.3 Å². The average Bonchev–Trinajstić information content (AvgIpc) is 2.50. The number of benzene rings is 2. The first-order chi connectivity index (χ1) is 10.5. The van der Waals surface area contributed by atoms with Crippen molar-refractivity contribution in [3.05, 3.63) is 48.0 Å². The van der Waals surface area contributed by atoms with E-state index in [0.717, 1.165) is 18.2 Å². The van der Waals surface area contributed by atoms with Crippen molar-refractivity contribution in [1.82, 2.24) is 0 Å². The molecule has 0 aliphatic heterocycles. The van der Waals surface area contributed by atoms with Crippen molar-refractivity contribution in [2.45, 2.75) is 0 Å². The summed E-state index contributed by atoms with van der Waals surface area (Å²) in [7, 11) is 2.92. The lowest BCUT2D eigenvalue weighted by atomic mass is 10.2. The van der Waals surface area contributed by atoms with E-state index in [1.54, 1.807) is 18.2 Å². The van der Waals surface area contributed by atoms with Crippen LogP contribution in [0.2, 0.25) is 0 Å². The first-order valence-electron chi connectivity index (χ1n) is 6.28. The highest BCUT2D eigenvalue weighted by molar-refractivity contribution is 6.00. The Hall–Kier alpha value is -2.83. The van der Waals surface area contributed by atoms with E-state index in [1.807, 2.05) is 0 Å². The van der Waals surface area contributed by atoms with Gasteiger partial charge in [-0.2, -0.15) is 0 Å². The number of carbonyl (C=O) groups excluding carboxylic acids is 1. The van der Waals surface area contributed by atoms with Crippen LogP contribution in [0.25, 0.3) is 0 Å². The standard InChI is InChI=1S/C15H14F2N2O3/c1-21-10-4-6-14(22-2)13(8-10)19-15(20)18-12-7-9(16)3-5-11(12)17/h3-8H,1-2H3,(H2,18,19,20). The summed E-state index contributed by atoms with van der Waals surface area (Å²) in [5.74, 6) is -0.492. The Morgan fingerprint density at radius 3 is 2.36 bits per heavy atom. The van der Waals surface area contributed by atoms with Crippen LogP contribution in [0.4, 0.5) is 25.0 Å². The van der Waals surface area contributed by atoms with Crippen LogP contribution >= 0.6 is 0 Å². The number of hydrogen-bond donors (Lipinski definition) is 2. The Bertz CT molecular complexity index is 692. The highest BCUT2D eigenvalue weighted by Gasteiger charge is 2.11. The molecule has 0 aromatic heterocycles. The molecule has 2 N–H and O–H groups in total. The zero-order valence-electron chi connectivity index (χ0n) is 11.9. The van der Waals surface area contributed by atoms with E-state index < -0.39 is 17.7 Å². The summed E-state index contributed by atoms with van der Waals surface area (Å²) in [6, 6.07) is 6.85. The number of nitrogens with one attached hydrogen (secondary N) is 2. The van der Waals surface area contributed by atoms with Gasteiger partial charge < -0.3 is 20.1 Å². The third-order valence-corrected chi connectivity index (χ3v) is 2.83. The van der Waals surface area contributed by atoms with Crippen LogP contribution < -0.4 is 20.1 Å². The molecule has 0 atom stereocenters. The monoisotopic (exact) mass is 308 g/mol. The maximum Gasteiger partial charge on any atom is 0.323 e. The minimum atomic E-state index is -0.742. The second-order valence-corrected chi connectivity index (χ2v) is 4.27. The van der Waals surface area contributed by atoms with Gasteiger partial charge in [-0.15, -0.1) is 0 Å². The van der Waals surface area contributed by atoms with Crippen molar-refractivity contribution in [3.8, 4) is 11.5 Å². The SMILES string of the molecule is COc1ccc(OC)c(NC(=O)Nc2cc(F)ccc2F)c1. The van der Waals surface area contributed by atoms with Crippen molar-refractivity contribution in [2.24, 2.45) is 0 Å². The molecule has 2 aromatic carbocycles. The molecular weight excluding hydrogens is 294 g/mol. The van der Waals surface area contributed by atoms with Crippen molar-refractivity contribution >= 4 is 17.4 Å². The van der Waals surface area contributed by atoms with E-state index in [2.05, 4.69) is 10.6 Å². The molecular formula is C15H14F2N2O3. The van der Waals surface area contributed by atoms with Crippen molar-refractivity contribution in [1.29, 1.82) is 0 Å². The summed E-state index contributed by atoms with van der Waals surface area (Å²) in [5, 5.41) is 4.71. The Morgan fingerprint density at radius 1 is 0.955 bits per heavy atom. The number of methoxy groups -OCH3 is 2. The minimum absolute atomic E-state index is 0.264. The van der Waals surface area contributed by atoms with Gasteiger partial charge in [-0.1, -0.05) is 0 Å². The second kappa shape index (κ2) is 6.75. The Morgan fingerprint density at radius 2 is 1.68 bits per heavy atom. The number of anilines is 2. The lowest BCUT2D eigenvalue weighted by molar-refractivity contribution is 0.262. The highest BCUT2D eigenvalue weighted by atomic mass is 19.1. The first-order valence-corrected chi connectivity index (χ1v) is 6.28. The normalized spacial score (nSPS) is 10.0. The fourth-order valence-corrected chi connectivity index (χ4v) is 1.78. The van der Waals surface area contributed by atoms with E-state index in [0.29, 0.717) is 17.2 Å². The van der Waals surface area contributed by atoms with E-state index in [9.17, 15) is 13.6 Å². The number of urea groups is 1. The van der Waals surface area contributed by atoms with Gasteiger partial charge in [0.2, 0.25) is 0 Å². The van der Waals surface area contributed by atoms with Gasteiger partial charge in [0.05, 0.1) is 25.6 Å². The topological polar surface area (TPSA) is 59.6 Å². The summed E-state index contributed by atoms with van der Waals surface area (Å²) < 4.78 is 36.7. The molecule has 2 rings (SSSR count). The zero-order chi connectivity index (χ0) is 16.1. The predicted molar refractivity (Wildman–Crippen MR) is 78.5 cm³/mol. The molecule has 0 radical (unpaired) electrons. The largest absolute Gasteiger partial charge is 0.497 e. The van der Waals surface area contributed by atoms with Crippen molar-refractivity contribution in [2.75, 3.05) is 24.9 Å². The molecule has 0 unspecified atom stereocenters. The summed E-state index contributed by atoms with van der Waals surface area (Å²) in [5.41, 5.74) is 0.0653. The molecule has 0 aliphatic carbocycles. The molecule has 2 amide bonds. The van der Waals surface area contributed by atoms with Crippen LogP contribution in [0.15, 0.2) is 36.4 Å². The van der Waals surface area contributed by atoms with Crippen molar-refractivity contribution in [3.63, 3.8) is 0 Å². The van der Waals surface area contributed by atoms with Crippen LogP contribution in [0.3, 0.4) is 0 Å². The average molecular weight is 308 g/mol. The molecule has 0 spiro atoms. The minimum Gasteiger partial charge on any atom is -0.497 e. The highest BCUT2D eigenvalue weighted by Crippen LogP contribution is 2.29. The maximum atomic E-state index is 13.5. The Labute approximate surface area is 125 Å². The van der Waals surface area contributed by atoms with Gasteiger partial charge in [-0.3, -0.25) is 0 Å². The van der Waals surface area contributed by atoms with Crippen LogP contribution in [-0.2, 0) is 0 Å². The quantitative estimate of drug-likeness (QED) is 0.907. The summed E-state index contributed by atoms with van der Waals surface area (Å²) in [6.45, 7) is 0. The molecule has 116 valence electrons. The van der Waals surface area contributed by atoms with Gasteiger partial charge in [0, 0.05) is 12.1 Å². The number of halogens is 2. The number of amides is 2. The molecule has 7 heteroatoms. The van der Waals surface area contributed by atoms with E-state index >= 15 is 0 Å². The summed E-state index contributed by atoms with van der Waals surface area (Å²) in [4.78, 5) is 11.9. The predicted octanol–water partition coefficient (Wildman–Crippen LogP) is 3.63. The lowest BCUT2D eigenvalue weighted by Crippen LogP contribution is -2.20. The molecule has 0 aliphatic rings. The molecule has 5 nitrogen and oxygen atoms in total. The Balaban J connectivity index is 2.16. The maximum absolute atomic E-state index is 13.5. The third kappa shape index (κ3) is 3.63. The van der Waals surface area contributed by atoms with E-state index in [4.69, 9.17) is 9.47 Å². The molecule has 0 saturated carbocycles. The summed E-state index contributed by atoms with van der Waals surface area (Å²) >= 11 is 0. The first kappa shape index (κ1) is 15.6. The summed E-state index contributed by atoms with van der Waals surface area (Å²) in [6.07, 6.45) is 0. The zero-order valence-corrected chi connectivity index (χ0v) is 11.9. The fourth-order valence-electron chi connectivity index (χ4n) is 1.78. The van der Waals surface area contributed by atoms with Crippen LogP contribution in [0, 0.1) is 11.6 Å². The number of ether oxygens (including phenoxy) is 2. The van der Waals surface area contributed by atoms with Crippen LogP contribution in [0.5, 0.6) is 11.5 Å². The molecule has 0 bridgehead atoms. The Kier molecular flexibility index (Phi) is 4.77. The smallest absolute Gasteiger partial charge is 0.323 e. The third-order valence-electron chi connectivity index (χ3n) is 2.83. The molecule has 0 fully saturated rings. The van der Waals surface area contributed by atoms with Crippen molar-refractivity contribution < 1.29 is 23.0 Å². The molecule has 0 heterocycles. The van der Waals surface area contributed by atoms with Crippen LogP contribution in [-0.4, -0.2) is 20.3 Å². The van der Waals surface area contributed by atoms with Gasteiger partial charge in [0.1, 0.15) is 23.1 Å². The fraction of sp³-hybridized carbons (Fsp3) is 0.133. The lowest BCUT2D eigenvalue weighted by Gasteiger charge is -2.12. The van der Waals surface area contributed by atoms with Crippen LogP contribution in [0.1, 0.15) is 0 Å². The number of carbonyl (C=O) groups is 1. The van der Waals surface area contributed by atoms with Gasteiger partial charge in [-0.25, -0.2) is 13.6 Å². The van der Waals surface area contributed by atoms with E-state index in [-0.39, 0.29) is 5.69 Å². The van der Waals surface area contributed by atoms with E-state index in [1.165, 1.54) is 14.2 Å². The molecule has 2 aromatic rings. The second-order valence-electron chi connectivity index (χ2n) is 4.27. The molecule has 22 heavy (non-hydrogen) atoms. The van der Waals surface area contributed by atoms with Gasteiger partial charge in [0.15, 0.2) is 0 Å². The number of rotatable bonds is 4.